The number of aromatic carboxylic acids is 1. The summed E-state index contributed by atoms with van der Waals surface area (Å²) in [7, 11) is 0. The van der Waals surface area contributed by atoms with E-state index in [2.05, 4.69) is 17.5 Å². The number of anilines is 1. The SMILES string of the molecule is C[C@@H]1C[C@H]1c1ccc(/C=N\Nc2cc(C(=O)[O-])ccc2Cl)o1. The van der Waals surface area contributed by atoms with Crippen LogP contribution in [0.3, 0.4) is 0 Å². The lowest BCUT2D eigenvalue weighted by Crippen LogP contribution is -2.22. The van der Waals surface area contributed by atoms with Gasteiger partial charge in [-0.15, -0.1) is 0 Å². The highest BCUT2D eigenvalue weighted by molar-refractivity contribution is 6.33. The summed E-state index contributed by atoms with van der Waals surface area (Å²) in [5.74, 6) is 1.54. The van der Waals surface area contributed by atoms with E-state index < -0.39 is 5.97 Å². The molecule has 0 radical (unpaired) electrons. The van der Waals surface area contributed by atoms with Crippen LogP contribution in [0.25, 0.3) is 0 Å². The van der Waals surface area contributed by atoms with Gasteiger partial charge in [0.1, 0.15) is 11.5 Å². The Morgan fingerprint density at radius 1 is 1.45 bits per heavy atom. The monoisotopic (exact) mass is 317 g/mol. The first kappa shape index (κ1) is 14.7. The van der Waals surface area contributed by atoms with Crippen molar-refractivity contribution in [3.63, 3.8) is 0 Å². The molecule has 0 spiro atoms. The van der Waals surface area contributed by atoms with Crippen LogP contribution in [0, 0.1) is 5.92 Å². The molecular weight excluding hydrogens is 304 g/mol. The van der Waals surface area contributed by atoms with E-state index in [1.54, 1.807) is 0 Å². The quantitative estimate of drug-likeness (QED) is 0.679. The summed E-state index contributed by atoms with van der Waals surface area (Å²) < 4.78 is 5.68. The average Bonchev–Trinajstić information content (AvgIpc) is 3.03. The second-order valence-corrected chi connectivity index (χ2v) is 5.82. The van der Waals surface area contributed by atoms with Crippen molar-refractivity contribution >= 4 is 29.5 Å². The highest BCUT2D eigenvalue weighted by Gasteiger charge is 2.36. The number of hydrogen-bond acceptors (Lipinski definition) is 5. The zero-order chi connectivity index (χ0) is 15.7. The molecule has 0 unspecified atom stereocenters. The van der Waals surface area contributed by atoms with Crippen LogP contribution in [0.4, 0.5) is 5.69 Å². The van der Waals surface area contributed by atoms with Gasteiger partial charge in [0.15, 0.2) is 0 Å². The van der Waals surface area contributed by atoms with Crippen molar-refractivity contribution in [2.75, 3.05) is 5.43 Å². The first-order chi connectivity index (χ1) is 10.5. The molecule has 1 N–H and O–H groups in total. The highest BCUT2D eigenvalue weighted by atomic mass is 35.5. The van der Waals surface area contributed by atoms with Crippen molar-refractivity contribution in [1.82, 2.24) is 0 Å². The van der Waals surface area contributed by atoms with Gasteiger partial charge in [0, 0.05) is 5.92 Å². The molecule has 1 fully saturated rings. The summed E-state index contributed by atoms with van der Waals surface area (Å²) in [5.41, 5.74) is 3.13. The molecule has 1 aliphatic rings. The molecule has 0 amide bonds. The van der Waals surface area contributed by atoms with Crippen LogP contribution in [0.1, 0.15) is 41.1 Å². The number of hydrazone groups is 1. The van der Waals surface area contributed by atoms with Gasteiger partial charge in [-0.2, -0.15) is 5.10 Å². The molecule has 114 valence electrons. The number of carbonyl (C=O) groups is 1. The fourth-order valence-corrected chi connectivity index (χ4v) is 2.42. The van der Waals surface area contributed by atoms with Gasteiger partial charge >= 0.3 is 0 Å². The van der Waals surface area contributed by atoms with E-state index in [1.807, 2.05) is 12.1 Å². The third-order valence-corrected chi connectivity index (χ3v) is 4.03. The number of carboxylic acids is 1. The van der Waals surface area contributed by atoms with E-state index in [0.29, 0.717) is 28.3 Å². The van der Waals surface area contributed by atoms with E-state index in [1.165, 1.54) is 24.4 Å². The van der Waals surface area contributed by atoms with Crippen LogP contribution < -0.4 is 10.5 Å². The summed E-state index contributed by atoms with van der Waals surface area (Å²) in [6, 6.07) is 8.03. The molecule has 5 nitrogen and oxygen atoms in total. The molecule has 0 aliphatic heterocycles. The molecule has 1 aliphatic carbocycles. The topological polar surface area (TPSA) is 77.7 Å². The molecule has 1 heterocycles. The van der Waals surface area contributed by atoms with Crippen molar-refractivity contribution < 1.29 is 14.3 Å². The Morgan fingerprint density at radius 2 is 2.23 bits per heavy atom. The van der Waals surface area contributed by atoms with Crippen LogP contribution in [0.2, 0.25) is 5.02 Å². The number of furan rings is 1. The van der Waals surface area contributed by atoms with Gasteiger partial charge in [0.2, 0.25) is 0 Å². The Morgan fingerprint density at radius 3 is 2.91 bits per heavy atom. The van der Waals surface area contributed by atoms with Crippen molar-refractivity contribution in [3.05, 3.63) is 52.4 Å². The van der Waals surface area contributed by atoms with Gasteiger partial charge in [-0.05, 0) is 42.2 Å². The Balaban J connectivity index is 1.68. The largest absolute Gasteiger partial charge is 0.545 e. The molecule has 2 atom stereocenters. The second-order valence-electron chi connectivity index (χ2n) is 5.41. The number of rotatable bonds is 5. The second kappa shape index (κ2) is 5.85. The van der Waals surface area contributed by atoms with Crippen LogP contribution in [-0.2, 0) is 0 Å². The molecule has 1 aromatic heterocycles. The molecule has 1 saturated carbocycles. The number of halogens is 1. The van der Waals surface area contributed by atoms with E-state index >= 15 is 0 Å². The third kappa shape index (κ3) is 3.14. The first-order valence-corrected chi connectivity index (χ1v) is 7.32. The minimum atomic E-state index is -1.27. The number of carboxylic acid groups (broad SMARTS) is 1. The smallest absolute Gasteiger partial charge is 0.147 e. The van der Waals surface area contributed by atoms with E-state index in [4.69, 9.17) is 16.0 Å². The maximum atomic E-state index is 10.8. The predicted octanol–water partition coefficient (Wildman–Crippen LogP) is 2.87. The van der Waals surface area contributed by atoms with Gasteiger partial charge in [-0.25, -0.2) is 0 Å². The highest BCUT2D eigenvalue weighted by Crippen LogP contribution is 2.47. The number of nitrogens with zero attached hydrogens (tertiary/aromatic N) is 1. The molecular formula is C16H14ClN2O3-. The maximum absolute atomic E-state index is 10.8. The van der Waals surface area contributed by atoms with Gasteiger partial charge in [-0.3, -0.25) is 5.43 Å². The van der Waals surface area contributed by atoms with Crippen molar-refractivity contribution in [2.24, 2.45) is 11.0 Å². The molecule has 22 heavy (non-hydrogen) atoms. The lowest BCUT2D eigenvalue weighted by molar-refractivity contribution is -0.255. The number of carbonyl (C=O) groups excluding carboxylic acids is 1. The maximum Gasteiger partial charge on any atom is 0.147 e. The van der Waals surface area contributed by atoms with Crippen molar-refractivity contribution in [2.45, 2.75) is 19.3 Å². The Hall–Kier alpha value is -2.27. The Labute approximate surface area is 132 Å². The normalized spacial score (nSPS) is 20.3. The lowest BCUT2D eigenvalue weighted by atomic mass is 10.2. The van der Waals surface area contributed by atoms with Crippen molar-refractivity contribution in [1.29, 1.82) is 0 Å². The zero-order valence-electron chi connectivity index (χ0n) is 11.9. The van der Waals surface area contributed by atoms with Crippen LogP contribution >= 0.6 is 11.6 Å². The van der Waals surface area contributed by atoms with E-state index in [0.717, 1.165) is 12.2 Å². The molecule has 0 bridgehead atoms. The molecule has 2 aromatic rings. The molecule has 3 rings (SSSR count). The summed E-state index contributed by atoms with van der Waals surface area (Å²) in [6.45, 7) is 2.19. The zero-order valence-corrected chi connectivity index (χ0v) is 12.6. The minimum Gasteiger partial charge on any atom is -0.545 e. The Kier molecular flexibility index (Phi) is 3.90. The first-order valence-electron chi connectivity index (χ1n) is 6.94. The minimum absolute atomic E-state index is 0.0325. The van der Waals surface area contributed by atoms with Gasteiger partial charge in [0.05, 0.1) is 22.9 Å². The van der Waals surface area contributed by atoms with Gasteiger partial charge < -0.3 is 14.3 Å². The lowest BCUT2D eigenvalue weighted by Gasteiger charge is -2.07. The number of hydrogen-bond donors (Lipinski definition) is 1. The van der Waals surface area contributed by atoms with Gasteiger partial charge in [-0.1, -0.05) is 24.6 Å². The van der Waals surface area contributed by atoms with E-state index in [9.17, 15) is 9.90 Å². The summed E-state index contributed by atoms with van der Waals surface area (Å²) >= 11 is 5.98. The Bertz CT molecular complexity index is 739. The van der Waals surface area contributed by atoms with Crippen LogP contribution in [0.5, 0.6) is 0 Å². The van der Waals surface area contributed by atoms with Gasteiger partial charge in [0.25, 0.3) is 0 Å². The molecule has 6 heteroatoms. The predicted molar refractivity (Wildman–Crippen MR) is 82.2 cm³/mol. The molecule has 0 saturated heterocycles. The number of nitrogens with one attached hydrogen (secondary N) is 1. The summed E-state index contributed by atoms with van der Waals surface area (Å²) in [4.78, 5) is 10.8. The fraction of sp³-hybridized carbons (Fsp3) is 0.250. The fourth-order valence-electron chi connectivity index (χ4n) is 2.26. The summed E-state index contributed by atoms with van der Waals surface area (Å²) in [5, 5.41) is 15.2. The van der Waals surface area contributed by atoms with E-state index in [-0.39, 0.29) is 5.56 Å². The average molecular weight is 318 g/mol. The van der Waals surface area contributed by atoms with Crippen molar-refractivity contribution in [3.8, 4) is 0 Å². The van der Waals surface area contributed by atoms with Crippen LogP contribution in [-0.4, -0.2) is 12.2 Å². The third-order valence-electron chi connectivity index (χ3n) is 3.70. The van der Waals surface area contributed by atoms with Crippen LogP contribution in [0.15, 0.2) is 39.9 Å². The summed E-state index contributed by atoms with van der Waals surface area (Å²) in [6.07, 6.45) is 2.69. The standard InChI is InChI=1S/C16H15ClN2O3/c1-9-6-12(9)15-5-3-11(22-15)8-18-19-14-7-10(16(20)21)2-4-13(14)17/h2-5,7-9,12,19H,6H2,1H3,(H,20,21)/p-1/b18-8-/t9-,12-/m1/s1. The molecule has 1 aromatic carbocycles. The number of benzene rings is 1.